The Balaban J connectivity index is 2.77. The topological polar surface area (TPSA) is 38.3 Å². The Hall–Kier alpha value is -1.03. The highest BCUT2D eigenvalue weighted by Gasteiger charge is 2.24. The summed E-state index contributed by atoms with van der Waals surface area (Å²) in [7, 11) is 0. The minimum Gasteiger partial charge on any atom is -0.464 e. The second-order valence-corrected chi connectivity index (χ2v) is 5.18. The van der Waals surface area contributed by atoms with Crippen LogP contribution in [0, 0.1) is 5.92 Å². The SMILES string of the molecule is CCOC(=O)C(Nc1ccc(Br)cc1)C(C)CC. The highest BCUT2D eigenvalue weighted by atomic mass is 79.9. The molecule has 0 aliphatic rings. The summed E-state index contributed by atoms with van der Waals surface area (Å²) in [4.78, 5) is 11.9. The van der Waals surface area contributed by atoms with E-state index in [0.717, 1.165) is 16.6 Å². The summed E-state index contributed by atoms with van der Waals surface area (Å²) in [6, 6.07) is 7.48. The van der Waals surface area contributed by atoms with E-state index in [-0.39, 0.29) is 17.9 Å². The van der Waals surface area contributed by atoms with Gasteiger partial charge in [0.05, 0.1) is 6.61 Å². The van der Waals surface area contributed by atoms with Crippen LogP contribution in [0.4, 0.5) is 5.69 Å². The first-order chi connectivity index (χ1) is 8.58. The third-order valence-electron chi connectivity index (χ3n) is 2.92. The Morgan fingerprint density at radius 2 is 1.94 bits per heavy atom. The fourth-order valence-corrected chi connectivity index (χ4v) is 1.89. The average Bonchev–Trinajstić information content (AvgIpc) is 2.37. The van der Waals surface area contributed by atoms with E-state index in [0.29, 0.717) is 6.61 Å². The molecule has 4 heteroatoms. The number of esters is 1. The second kappa shape index (κ2) is 7.41. The van der Waals surface area contributed by atoms with Gasteiger partial charge in [-0.1, -0.05) is 36.2 Å². The van der Waals surface area contributed by atoms with Crippen molar-refractivity contribution < 1.29 is 9.53 Å². The molecule has 1 aromatic rings. The summed E-state index contributed by atoms with van der Waals surface area (Å²) in [6.07, 6.45) is 0.924. The first-order valence-corrected chi connectivity index (χ1v) is 7.06. The minimum absolute atomic E-state index is 0.185. The third-order valence-corrected chi connectivity index (χ3v) is 3.45. The maximum atomic E-state index is 11.9. The molecule has 18 heavy (non-hydrogen) atoms. The van der Waals surface area contributed by atoms with Crippen molar-refractivity contribution in [1.29, 1.82) is 0 Å². The number of hydrogen-bond acceptors (Lipinski definition) is 3. The van der Waals surface area contributed by atoms with Gasteiger partial charge in [0.1, 0.15) is 6.04 Å². The lowest BCUT2D eigenvalue weighted by Gasteiger charge is -2.23. The molecule has 0 amide bonds. The molecule has 0 aliphatic carbocycles. The molecule has 100 valence electrons. The van der Waals surface area contributed by atoms with Gasteiger partial charge in [-0.05, 0) is 37.1 Å². The monoisotopic (exact) mass is 313 g/mol. The number of nitrogens with one attached hydrogen (secondary N) is 1. The Morgan fingerprint density at radius 3 is 2.44 bits per heavy atom. The number of carbonyl (C=O) groups excluding carboxylic acids is 1. The van der Waals surface area contributed by atoms with Gasteiger partial charge in [0.2, 0.25) is 0 Å². The quantitative estimate of drug-likeness (QED) is 0.811. The largest absolute Gasteiger partial charge is 0.464 e. The minimum atomic E-state index is -0.295. The van der Waals surface area contributed by atoms with Crippen molar-refractivity contribution in [3.8, 4) is 0 Å². The smallest absolute Gasteiger partial charge is 0.328 e. The van der Waals surface area contributed by atoms with Gasteiger partial charge in [-0.25, -0.2) is 4.79 Å². The number of anilines is 1. The highest BCUT2D eigenvalue weighted by Crippen LogP contribution is 2.19. The van der Waals surface area contributed by atoms with Gasteiger partial charge >= 0.3 is 5.97 Å². The molecule has 1 rings (SSSR count). The van der Waals surface area contributed by atoms with Crippen LogP contribution >= 0.6 is 15.9 Å². The molecule has 2 atom stereocenters. The van der Waals surface area contributed by atoms with Gasteiger partial charge in [-0.3, -0.25) is 0 Å². The molecule has 0 bridgehead atoms. The van der Waals surface area contributed by atoms with Crippen molar-refractivity contribution in [3.05, 3.63) is 28.7 Å². The summed E-state index contributed by atoms with van der Waals surface area (Å²) in [5.74, 6) is 0.0439. The van der Waals surface area contributed by atoms with Crippen LogP contribution in [0.5, 0.6) is 0 Å². The van der Waals surface area contributed by atoms with E-state index < -0.39 is 0 Å². The molecule has 0 radical (unpaired) electrons. The van der Waals surface area contributed by atoms with Crippen LogP contribution in [0.3, 0.4) is 0 Å². The van der Waals surface area contributed by atoms with Crippen molar-refractivity contribution in [2.75, 3.05) is 11.9 Å². The van der Waals surface area contributed by atoms with Crippen LogP contribution in [-0.4, -0.2) is 18.6 Å². The molecular formula is C14H20BrNO2. The predicted molar refractivity (Wildman–Crippen MR) is 77.6 cm³/mol. The lowest BCUT2D eigenvalue weighted by atomic mass is 9.99. The summed E-state index contributed by atoms with van der Waals surface area (Å²) in [5, 5.41) is 3.25. The molecular weight excluding hydrogens is 294 g/mol. The van der Waals surface area contributed by atoms with Crippen molar-refractivity contribution >= 4 is 27.6 Å². The fraction of sp³-hybridized carbons (Fsp3) is 0.500. The van der Waals surface area contributed by atoms with Gasteiger partial charge in [0, 0.05) is 10.2 Å². The summed E-state index contributed by atoms with van der Waals surface area (Å²) in [5.41, 5.74) is 0.927. The van der Waals surface area contributed by atoms with Crippen molar-refractivity contribution in [2.24, 2.45) is 5.92 Å². The molecule has 0 aliphatic heterocycles. The lowest BCUT2D eigenvalue weighted by Crippen LogP contribution is -2.37. The number of hydrogen-bond donors (Lipinski definition) is 1. The predicted octanol–water partition coefficient (Wildman–Crippen LogP) is 3.84. The molecule has 0 saturated carbocycles. The van der Waals surface area contributed by atoms with Crippen molar-refractivity contribution in [1.82, 2.24) is 0 Å². The van der Waals surface area contributed by atoms with Crippen molar-refractivity contribution in [3.63, 3.8) is 0 Å². The second-order valence-electron chi connectivity index (χ2n) is 4.27. The van der Waals surface area contributed by atoms with E-state index >= 15 is 0 Å². The maximum absolute atomic E-state index is 11.9. The average molecular weight is 314 g/mol. The Bertz CT molecular complexity index is 378. The number of benzene rings is 1. The van der Waals surface area contributed by atoms with Crippen LogP contribution < -0.4 is 5.32 Å². The van der Waals surface area contributed by atoms with Crippen LogP contribution in [0.2, 0.25) is 0 Å². The molecule has 1 N–H and O–H groups in total. The van der Waals surface area contributed by atoms with E-state index in [1.165, 1.54) is 0 Å². The number of rotatable bonds is 6. The van der Waals surface area contributed by atoms with Crippen LogP contribution in [0.25, 0.3) is 0 Å². The zero-order valence-electron chi connectivity index (χ0n) is 11.1. The number of ether oxygens (including phenoxy) is 1. The van der Waals surface area contributed by atoms with E-state index in [1.807, 2.05) is 38.1 Å². The van der Waals surface area contributed by atoms with Gasteiger partial charge in [-0.15, -0.1) is 0 Å². The zero-order chi connectivity index (χ0) is 13.5. The Labute approximate surface area is 117 Å². The number of halogens is 1. The van der Waals surface area contributed by atoms with Crippen LogP contribution in [0.1, 0.15) is 27.2 Å². The van der Waals surface area contributed by atoms with Gasteiger partial charge in [-0.2, -0.15) is 0 Å². The lowest BCUT2D eigenvalue weighted by molar-refractivity contribution is -0.145. The fourth-order valence-electron chi connectivity index (χ4n) is 1.63. The molecule has 0 aromatic heterocycles. The summed E-state index contributed by atoms with van der Waals surface area (Å²) in [6.45, 7) is 6.35. The molecule has 2 unspecified atom stereocenters. The van der Waals surface area contributed by atoms with Crippen LogP contribution in [0.15, 0.2) is 28.7 Å². The van der Waals surface area contributed by atoms with Gasteiger partial charge < -0.3 is 10.1 Å². The van der Waals surface area contributed by atoms with E-state index in [2.05, 4.69) is 28.2 Å². The Kier molecular flexibility index (Phi) is 6.19. The van der Waals surface area contributed by atoms with E-state index in [9.17, 15) is 4.79 Å². The van der Waals surface area contributed by atoms with Gasteiger partial charge in [0.15, 0.2) is 0 Å². The molecule has 0 saturated heterocycles. The first kappa shape index (κ1) is 15.0. The zero-order valence-corrected chi connectivity index (χ0v) is 12.7. The van der Waals surface area contributed by atoms with Crippen molar-refractivity contribution in [2.45, 2.75) is 33.2 Å². The standard InChI is InChI=1S/C14H20BrNO2/c1-4-10(3)13(14(17)18-5-2)16-12-8-6-11(15)7-9-12/h6-10,13,16H,4-5H2,1-3H3. The molecule has 0 spiro atoms. The summed E-state index contributed by atoms with van der Waals surface area (Å²) >= 11 is 3.39. The highest BCUT2D eigenvalue weighted by molar-refractivity contribution is 9.10. The number of carbonyl (C=O) groups is 1. The van der Waals surface area contributed by atoms with Gasteiger partial charge in [0.25, 0.3) is 0 Å². The van der Waals surface area contributed by atoms with Crippen LogP contribution in [-0.2, 0) is 9.53 Å². The molecule has 1 aromatic carbocycles. The Morgan fingerprint density at radius 1 is 1.33 bits per heavy atom. The van der Waals surface area contributed by atoms with E-state index in [1.54, 1.807) is 0 Å². The normalized spacial score (nSPS) is 13.8. The maximum Gasteiger partial charge on any atom is 0.328 e. The molecule has 0 fully saturated rings. The summed E-state index contributed by atoms with van der Waals surface area (Å²) < 4.78 is 6.13. The third kappa shape index (κ3) is 4.33. The molecule has 3 nitrogen and oxygen atoms in total. The molecule has 0 heterocycles. The first-order valence-electron chi connectivity index (χ1n) is 6.27. The van der Waals surface area contributed by atoms with E-state index in [4.69, 9.17) is 4.74 Å².